The van der Waals surface area contributed by atoms with Crippen LogP contribution in [0.1, 0.15) is 37.9 Å². The third kappa shape index (κ3) is 3.33. The fourth-order valence-electron chi connectivity index (χ4n) is 1.54. The molecule has 16 heavy (non-hydrogen) atoms. The van der Waals surface area contributed by atoms with Gasteiger partial charge >= 0.3 is 5.97 Å². The lowest BCUT2D eigenvalue weighted by atomic mass is 10.0. The third-order valence-corrected chi connectivity index (χ3v) is 2.52. The van der Waals surface area contributed by atoms with E-state index in [2.05, 4.69) is 18.8 Å². The molecule has 0 aliphatic rings. The van der Waals surface area contributed by atoms with E-state index in [9.17, 15) is 4.79 Å². The van der Waals surface area contributed by atoms with Crippen molar-refractivity contribution in [2.45, 2.75) is 33.1 Å². The highest BCUT2D eigenvalue weighted by atomic mass is 16.5. The maximum atomic E-state index is 11.3. The van der Waals surface area contributed by atoms with Gasteiger partial charge in [-0.2, -0.15) is 0 Å². The van der Waals surface area contributed by atoms with E-state index < -0.39 is 0 Å². The summed E-state index contributed by atoms with van der Waals surface area (Å²) in [6.07, 6.45) is 2.73. The van der Waals surface area contributed by atoms with Crippen LogP contribution in [-0.2, 0) is 16.0 Å². The van der Waals surface area contributed by atoms with E-state index in [0.29, 0.717) is 5.92 Å². The predicted molar refractivity (Wildman–Crippen MR) is 63.2 cm³/mol. The summed E-state index contributed by atoms with van der Waals surface area (Å²) in [6, 6.07) is 3.93. The fraction of sp³-hybridized carbons (Fsp3) is 0.538. The lowest BCUT2D eigenvalue weighted by Gasteiger charge is -2.10. The first-order chi connectivity index (χ1) is 7.54. The molecule has 1 heterocycles. The molecule has 0 saturated carbocycles. The lowest BCUT2D eigenvalue weighted by Crippen LogP contribution is -2.11. The Morgan fingerprint density at radius 3 is 2.50 bits per heavy atom. The van der Waals surface area contributed by atoms with E-state index in [1.807, 2.05) is 19.1 Å². The van der Waals surface area contributed by atoms with Crippen LogP contribution in [0.5, 0.6) is 0 Å². The van der Waals surface area contributed by atoms with Crippen LogP contribution in [0.2, 0.25) is 0 Å². The summed E-state index contributed by atoms with van der Waals surface area (Å²) in [5.41, 5.74) is 1.97. The largest absolute Gasteiger partial charge is 0.469 e. The Morgan fingerprint density at radius 2 is 2.06 bits per heavy atom. The lowest BCUT2D eigenvalue weighted by molar-refractivity contribution is -0.142. The van der Waals surface area contributed by atoms with Crippen molar-refractivity contribution in [3.8, 4) is 0 Å². The zero-order valence-electron chi connectivity index (χ0n) is 10.4. The molecule has 0 spiro atoms. The second-order valence-corrected chi connectivity index (χ2v) is 4.43. The van der Waals surface area contributed by atoms with Gasteiger partial charge in [0.05, 0.1) is 13.0 Å². The first kappa shape index (κ1) is 12.7. The minimum atomic E-state index is -0.245. The Kier molecular flexibility index (Phi) is 4.47. The molecule has 0 amide bonds. The van der Waals surface area contributed by atoms with Crippen molar-refractivity contribution >= 4 is 5.97 Å². The van der Waals surface area contributed by atoms with Crippen LogP contribution in [0.25, 0.3) is 0 Å². The number of carbonyl (C=O) groups is 1. The van der Waals surface area contributed by atoms with Crippen molar-refractivity contribution in [2.24, 2.45) is 5.92 Å². The van der Waals surface area contributed by atoms with Crippen LogP contribution >= 0.6 is 0 Å². The number of carbonyl (C=O) groups excluding carboxylic acids is 1. The molecule has 3 heteroatoms. The van der Waals surface area contributed by atoms with Crippen molar-refractivity contribution in [1.29, 1.82) is 0 Å². The third-order valence-electron chi connectivity index (χ3n) is 2.52. The Morgan fingerprint density at radius 1 is 1.38 bits per heavy atom. The number of ether oxygens (including phenoxy) is 1. The van der Waals surface area contributed by atoms with Gasteiger partial charge in [-0.1, -0.05) is 19.9 Å². The quantitative estimate of drug-likeness (QED) is 0.733. The minimum Gasteiger partial charge on any atom is -0.469 e. The van der Waals surface area contributed by atoms with Crippen LogP contribution in [0, 0.1) is 5.92 Å². The van der Waals surface area contributed by atoms with Gasteiger partial charge in [0.2, 0.25) is 0 Å². The van der Waals surface area contributed by atoms with Crippen molar-refractivity contribution in [2.75, 3.05) is 7.11 Å². The summed E-state index contributed by atoms with van der Waals surface area (Å²) >= 11 is 0. The molecule has 88 valence electrons. The first-order valence-electron chi connectivity index (χ1n) is 5.57. The molecule has 0 aliphatic carbocycles. The topological polar surface area (TPSA) is 39.2 Å². The predicted octanol–water partition coefficient (Wildman–Crippen LogP) is 2.56. The van der Waals surface area contributed by atoms with E-state index in [1.54, 1.807) is 6.20 Å². The van der Waals surface area contributed by atoms with E-state index in [4.69, 9.17) is 4.74 Å². The van der Waals surface area contributed by atoms with E-state index in [0.717, 1.165) is 17.7 Å². The molecule has 0 N–H and O–H groups in total. The molecule has 0 aliphatic heterocycles. The van der Waals surface area contributed by atoms with Gasteiger partial charge in [0.25, 0.3) is 0 Å². The molecule has 3 nitrogen and oxygen atoms in total. The van der Waals surface area contributed by atoms with E-state index in [1.165, 1.54) is 7.11 Å². The molecule has 1 atom stereocenters. The monoisotopic (exact) mass is 221 g/mol. The number of hydrogen-bond acceptors (Lipinski definition) is 3. The average Bonchev–Trinajstić information content (AvgIpc) is 2.27. The van der Waals surface area contributed by atoms with Crippen LogP contribution in [0.3, 0.4) is 0 Å². The molecule has 0 bridgehead atoms. The highest BCUT2D eigenvalue weighted by Gasteiger charge is 2.15. The summed E-state index contributed by atoms with van der Waals surface area (Å²) in [7, 11) is 1.40. The van der Waals surface area contributed by atoms with Crippen LogP contribution in [0.4, 0.5) is 0 Å². The minimum absolute atomic E-state index is 0.224. The summed E-state index contributed by atoms with van der Waals surface area (Å²) < 4.78 is 4.69. The zero-order chi connectivity index (χ0) is 12.1. The molecule has 0 radical (unpaired) electrons. The van der Waals surface area contributed by atoms with Crippen molar-refractivity contribution < 1.29 is 9.53 Å². The number of hydrogen-bond donors (Lipinski definition) is 0. The molecular weight excluding hydrogens is 202 g/mol. The van der Waals surface area contributed by atoms with Crippen molar-refractivity contribution in [3.05, 3.63) is 29.6 Å². The van der Waals surface area contributed by atoms with Gasteiger partial charge in [-0.05, 0) is 30.9 Å². The van der Waals surface area contributed by atoms with E-state index >= 15 is 0 Å². The fourth-order valence-corrected chi connectivity index (χ4v) is 1.54. The highest BCUT2D eigenvalue weighted by molar-refractivity contribution is 5.77. The van der Waals surface area contributed by atoms with Gasteiger partial charge in [0.1, 0.15) is 0 Å². The Labute approximate surface area is 96.8 Å². The molecule has 1 rings (SSSR count). The van der Waals surface area contributed by atoms with Gasteiger partial charge in [0, 0.05) is 11.9 Å². The van der Waals surface area contributed by atoms with Gasteiger partial charge in [-0.25, -0.2) is 0 Å². The number of methoxy groups -OCH3 is 1. The standard InChI is InChI=1S/C13H19NO2/c1-9(2)7-12-6-5-11(8-14-12)10(3)13(15)16-4/h5-6,8-10H,7H2,1-4H3/t10-/m1/s1. The summed E-state index contributed by atoms with van der Waals surface area (Å²) in [5, 5.41) is 0. The second-order valence-electron chi connectivity index (χ2n) is 4.43. The van der Waals surface area contributed by atoms with Crippen LogP contribution in [-0.4, -0.2) is 18.1 Å². The molecular formula is C13H19NO2. The smallest absolute Gasteiger partial charge is 0.312 e. The maximum absolute atomic E-state index is 11.3. The number of rotatable bonds is 4. The summed E-state index contributed by atoms with van der Waals surface area (Å²) in [4.78, 5) is 15.7. The number of pyridine rings is 1. The number of esters is 1. The summed E-state index contributed by atoms with van der Waals surface area (Å²) in [5.74, 6) is 0.125. The van der Waals surface area contributed by atoms with Crippen LogP contribution in [0.15, 0.2) is 18.3 Å². The average molecular weight is 221 g/mol. The SMILES string of the molecule is COC(=O)[C@H](C)c1ccc(CC(C)C)nc1. The summed E-state index contributed by atoms with van der Waals surface area (Å²) in [6.45, 7) is 6.14. The van der Waals surface area contributed by atoms with Crippen LogP contribution < -0.4 is 0 Å². The Hall–Kier alpha value is -1.38. The molecule has 1 aromatic heterocycles. The second kappa shape index (κ2) is 5.64. The molecule has 0 aromatic carbocycles. The number of aromatic nitrogens is 1. The van der Waals surface area contributed by atoms with Crippen molar-refractivity contribution in [1.82, 2.24) is 4.98 Å². The molecule has 0 saturated heterocycles. The molecule has 1 aromatic rings. The first-order valence-corrected chi connectivity index (χ1v) is 5.57. The van der Waals surface area contributed by atoms with Gasteiger partial charge < -0.3 is 4.74 Å². The normalized spacial score (nSPS) is 12.6. The molecule has 0 unspecified atom stereocenters. The van der Waals surface area contributed by atoms with Crippen molar-refractivity contribution in [3.63, 3.8) is 0 Å². The highest BCUT2D eigenvalue weighted by Crippen LogP contribution is 2.16. The Bertz CT molecular complexity index is 343. The Balaban J connectivity index is 2.74. The number of nitrogens with zero attached hydrogens (tertiary/aromatic N) is 1. The molecule has 0 fully saturated rings. The van der Waals surface area contributed by atoms with E-state index in [-0.39, 0.29) is 11.9 Å². The van der Waals surface area contributed by atoms with Gasteiger partial charge in [-0.15, -0.1) is 0 Å². The van der Waals surface area contributed by atoms with Gasteiger partial charge in [0.15, 0.2) is 0 Å². The zero-order valence-corrected chi connectivity index (χ0v) is 10.4. The maximum Gasteiger partial charge on any atom is 0.312 e. The van der Waals surface area contributed by atoms with Gasteiger partial charge in [-0.3, -0.25) is 9.78 Å².